The van der Waals surface area contributed by atoms with Gasteiger partial charge in [-0.15, -0.1) is 11.8 Å². The van der Waals surface area contributed by atoms with Gasteiger partial charge < -0.3 is 10.1 Å². The smallest absolute Gasteiger partial charge is 0.337 e. The zero-order valence-corrected chi connectivity index (χ0v) is 13.4. The molecule has 110 valence electrons. The van der Waals surface area contributed by atoms with Crippen molar-refractivity contribution >= 4 is 29.3 Å². The summed E-state index contributed by atoms with van der Waals surface area (Å²) >= 11 is 1.58. The lowest BCUT2D eigenvalue weighted by molar-refractivity contribution is -0.113. The van der Waals surface area contributed by atoms with Crippen molar-refractivity contribution in [3.63, 3.8) is 0 Å². The van der Waals surface area contributed by atoms with Gasteiger partial charge in [0.25, 0.3) is 0 Å². The first-order valence-corrected chi connectivity index (χ1v) is 7.34. The topological polar surface area (TPSA) is 55.4 Å². The second-order valence-corrected chi connectivity index (χ2v) is 7.27. The Morgan fingerprint density at radius 3 is 2.50 bits per heavy atom. The van der Waals surface area contributed by atoms with Crippen molar-refractivity contribution in [2.24, 2.45) is 0 Å². The van der Waals surface area contributed by atoms with Crippen molar-refractivity contribution in [3.8, 4) is 0 Å². The van der Waals surface area contributed by atoms with Gasteiger partial charge in [0.2, 0.25) is 5.91 Å². The highest BCUT2D eigenvalue weighted by Gasteiger charge is 2.15. The Balaban J connectivity index is 2.76. The predicted molar refractivity (Wildman–Crippen MR) is 83.4 cm³/mol. The molecule has 0 aromatic heterocycles. The highest BCUT2D eigenvalue weighted by molar-refractivity contribution is 8.01. The Morgan fingerprint density at radius 1 is 1.30 bits per heavy atom. The monoisotopic (exact) mass is 295 g/mol. The summed E-state index contributed by atoms with van der Waals surface area (Å²) in [6.07, 6.45) is 0. The van der Waals surface area contributed by atoms with Gasteiger partial charge >= 0.3 is 5.97 Å². The maximum atomic E-state index is 11.9. The first kappa shape index (κ1) is 16.6. The van der Waals surface area contributed by atoms with Gasteiger partial charge in [0.1, 0.15) is 0 Å². The lowest BCUT2D eigenvalue weighted by Gasteiger charge is -2.17. The summed E-state index contributed by atoms with van der Waals surface area (Å²) < 4.78 is 4.71. The van der Waals surface area contributed by atoms with Gasteiger partial charge in [-0.25, -0.2) is 4.79 Å². The first-order valence-electron chi connectivity index (χ1n) is 6.36. The van der Waals surface area contributed by atoms with Gasteiger partial charge in [0, 0.05) is 10.4 Å². The normalized spacial score (nSPS) is 11.1. The van der Waals surface area contributed by atoms with Gasteiger partial charge in [-0.1, -0.05) is 26.8 Å². The van der Waals surface area contributed by atoms with Crippen molar-refractivity contribution in [3.05, 3.63) is 29.3 Å². The number of methoxy groups -OCH3 is 1. The first-order chi connectivity index (χ1) is 9.23. The van der Waals surface area contributed by atoms with Crippen LogP contribution in [0.2, 0.25) is 0 Å². The summed E-state index contributed by atoms with van der Waals surface area (Å²) in [6.45, 7) is 8.07. The maximum absolute atomic E-state index is 11.9. The summed E-state index contributed by atoms with van der Waals surface area (Å²) in [5.74, 6) is -0.106. The number of benzene rings is 1. The lowest BCUT2D eigenvalue weighted by Crippen LogP contribution is -2.19. The van der Waals surface area contributed by atoms with Crippen LogP contribution in [0, 0.1) is 6.92 Å². The molecule has 20 heavy (non-hydrogen) atoms. The molecule has 1 N–H and O–H groups in total. The number of nitrogens with one attached hydrogen (secondary N) is 1. The van der Waals surface area contributed by atoms with Crippen LogP contribution in [0.15, 0.2) is 18.2 Å². The molecule has 0 saturated heterocycles. The van der Waals surface area contributed by atoms with Crippen molar-refractivity contribution in [1.82, 2.24) is 0 Å². The Hall–Kier alpha value is -1.49. The number of esters is 1. The van der Waals surface area contributed by atoms with Crippen LogP contribution in [0.5, 0.6) is 0 Å². The van der Waals surface area contributed by atoms with Gasteiger partial charge in [0.05, 0.1) is 18.4 Å². The molecule has 5 heteroatoms. The number of carbonyl (C=O) groups is 2. The fourth-order valence-electron chi connectivity index (χ4n) is 1.47. The van der Waals surface area contributed by atoms with Gasteiger partial charge in [-0.3, -0.25) is 4.79 Å². The van der Waals surface area contributed by atoms with Crippen LogP contribution in [0.3, 0.4) is 0 Å². The fourth-order valence-corrected chi connectivity index (χ4v) is 2.11. The molecule has 1 amide bonds. The van der Waals surface area contributed by atoms with Crippen LogP contribution in [0.4, 0.5) is 5.69 Å². The minimum Gasteiger partial charge on any atom is -0.465 e. The highest BCUT2D eigenvalue weighted by atomic mass is 32.2. The van der Waals surface area contributed by atoms with E-state index in [1.165, 1.54) is 7.11 Å². The molecule has 1 rings (SSSR count). The lowest BCUT2D eigenvalue weighted by atomic mass is 10.1. The van der Waals surface area contributed by atoms with E-state index >= 15 is 0 Å². The Labute approximate surface area is 124 Å². The quantitative estimate of drug-likeness (QED) is 0.866. The highest BCUT2D eigenvalue weighted by Crippen LogP contribution is 2.24. The van der Waals surface area contributed by atoms with E-state index in [2.05, 4.69) is 30.8 Å². The number of thioether (sulfide) groups is 1. The number of rotatable bonds is 4. The number of anilines is 1. The van der Waals surface area contributed by atoms with Crippen molar-refractivity contribution in [1.29, 1.82) is 0 Å². The molecule has 0 atom stereocenters. The van der Waals surface area contributed by atoms with Crippen LogP contribution in [0.1, 0.15) is 36.7 Å². The van der Waals surface area contributed by atoms with Gasteiger partial charge in [-0.2, -0.15) is 0 Å². The van der Waals surface area contributed by atoms with E-state index in [9.17, 15) is 9.59 Å². The van der Waals surface area contributed by atoms with Gasteiger partial charge in [-0.05, 0) is 24.6 Å². The average molecular weight is 295 g/mol. The molecule has 0 fully saturated rings. The maximum Gasteiger partial charge on any atom is 0.337 e. The van der Waals surface area contributed by atoms with Crippen LogP contribution in [-0.2, 0) is 9.53 Å². The van der Waals surface area contributed by atoms with E-state index in [1.54, 1.807) is 30.0 Å². The van der Waals surface area contributed by atoms with Crippen LogP contribution in [0.25, 0.3) is 0 Å². The van der Waals surface area contributed by atoms with E-state index < -0.39 is 5.97 Å². The third-order valence-electron chi connectivity index (χ3n) is 2.57. The molecule has 0 radical (unpaired) electrons. The van der Waals surface area contributed by atoms with E-state index in [0.717, 1.165) is 5.56 Å². The van der Waals surface area contributed by atoms with Gasteiger partial charge in [0.15, 0.2) is 0 Å². The summed E-state index contributed by atoms with van der Waals surface area (Å²) in [4.78, 5) is 23.4. The predicted octanol–water partition coefficient (Wildman–Crippen LogP) is 3.25. The molecule has 4 nitrogen and oxygen atoms in total. The molecular formula is C15H21NO3S. The molecule has 1 aromatic rings. The third-order valence-corrected chi connectivity index (χ3v) is 3.84. The molecular weight excluding hydrogens is 274 g/mol. The van der Waals surface area contributed by atoms with E-state index in [-0.39, 0.29) is 10.7 Å². The zero-order chi connectivity index (χ0) is 15.3. The molecule has 0 aliphatic rings. The summed E-state index contributed by atoms with van der Waals surface area (Å²) in [7, 11) is 1.33. The molecule has 0 aliphatic heterocycles. The summed E-state index contributed by atoms with van der Waals surface area (Å²) in [6, 6.07) is 5.11. The zero-order valence-electron chi connectivity index (χ0n) is 12.6. The average Bonchev–Trinajstić information content (AvgIpc) is 2.37. The van der Waals surface area contributed by atoms with Crippen molar-refractivity contribution in [2.75, 3.05) is 18.2 Å². The minimum absolute atomic E-state index is 0.0419. The number of ether oxygens (including phenoxy) is 1. The molecule has 0 spiro atoms. The third kappa shape index (κ3) is 5.25. The molecule has 0 unspecified atom stereocenters. The van der Waals surface area contributed by atoms with Crippen LogP contribution in [-0.4, -0.2) is 29.5 Å². The largest absolute Gasteiger partial charge is 0.465 e. The van der Waals surface area contributed by atoms with Crippen LogP contribution >= 0.6 is 11.8 Å². The molecule has 0 bridgehead atoms. The molecule has 0 heterocycles. The molecule has 0 aliphatic carbocycles. The van der Waals surface area contributed by atoms with E-state index in [0.29, 0.717) is 17.0 Å². The summed E-state index contributed by atoms with van der Waals surface area (Å²) in [5.41, 5.74) is 1.98. The van der Waals surface area contributed by atoms with Crippen molar-refractivity contribution in [2.45, 2.75) is 32.4 Å². The number of aryl methyl sites for hydroxylation is 1. The number of hydrogen-bond acceptors (Lipinski definition) is 4. The molecule has 1 aromatic carbocycles. The van der Waals surface area contributed by atoms with Crippen molar-refractivity contribution < 1.29 is 14.3 Å². The number of hydrogen-bond donors (Lipinski definition) is 1. The summed E-state index contributed by atoms with van der Waals surface area (Å²) in [5, 5.41) is 2.83. The Morgan fingerprint density at radius 2 is 1.95 bits per heavy atom. The Kier molecular flexibility index (Phi) is 5.62. The second-order valence-electron chi connectivity index (χ2n) is 5.47. The number of amides is 1. The fraction of sp³-hybridized carbons (Fsp3) is 0.467. The second kappa shape index (κ2) is 6.79. The van der Waals surface area contributed by atoms with Crippen LogP contribution < -0.4 is 5.32 Å². The SMILES string of the molecule is COC(=O)c1ccc(C)c(NC(=O)CSC(C)(C)C)c1. The standard InChI is InChI=1S/C15H21NO3S/c1-10-6-7-11(14(18)19-5)8-12(10)16-13(17)9-20-15(2,3)4/h6-8H,9H2,1-5H3,(H,16,17). The number of carbonyl (C=O) groups excluding carboxylic acids is 2. The minimum atomic E-state index is -0.412. The van der Waals surface area contributed by atoms with E-state index in [4.69, 9.17) is 0 Å². The Bertz CT molecular complexity index is 506. The van der Waals surface area contributed by atoms with E-state index in [1.807, 2.05) is 6.92 Å². The molecule has 0 saturated carbocycles.